The first-order valence-corrected chi connectivity index (χ1v) is 7.49. The molecule has 0 saturated heterocycles. The van der Waals surface area contributed by atoms with Crippen LogP contribution in [0.4, 0.5) is 0 Å². The van der Waals surface area contributed by atoms with Gasteiger partial charge in [0.15, 0.2) is 0 Å². The Hall–Kier alpha value is 0.202. The molecule has 0 fully saturated rings. The number of hydrogen-bond acceptors (Lipinski definition) is 1. The molecule has 0 aromatic carbocycles. The van der Waals surface area contributed by atoms with Crippen molar-refractivity contribution in [1.82, 2.24) is 0 Å². The van der Waals surface area contributed by atoms with Crippen LogP contribution in [0, 0.1) is 0 Å². The second-order valence-electron chi connectivity index (χ2n) is 3.44. The van der Waals surface area contributed by atoms with Crippen molar-refractivity contribution < 1.29 is 4.79 Å². The van der Waals surface area contributed by atoms with E-state index in [0.717, 1.165) is 23.4 Å². The third-order valence-electron chi connectivity index (χ3n) is 2.47. The second-order valence-corrected chi connectivity index (χ2v) is 7.11. The fourth-order valence-corrected chi connectivity index (χ4v) is 3.60. The molecule has 0 saturated carbocycles. The van der Waals surface area contributed by atoms with Crippen LogP contribution in [0.2, 0.25) is 10.6 Å². The molecule has 0 rings (SSSR count). The highest BCUT2D eigenvalue weighted by molar-refractivity contribution is 6.89. The quantitative estimate of drug-likeness (QED) is 0.438. The van der Waals surface area contributed by atoms with E-state index in [0.29, 0.717) is 4.65 Å². The van der Waals surface area contributed by atoms with E-state index in [1.54, 1.807) is 0 Å². The highest BCUT2D eigenvalue weighted by Crippen LogP contribution is 2.06. The molecule has 70 valence electrons. The lowest BCUT2D eigenvalue weighted by molar-refractivity contribution is -0.112. The monoisotopic (exact) mass is 184 g/mol. The van der Waals surface area contributed by atoms with Gasteiger partial charge in [-0.15, -0.1) is 0 Å². The first-order chi connectivity index (χ1) is 5.76. The SMILES string of the molecule is CCCCC[C](=O)[Al]([CH2]C)[CH2]C. The predicted molar refractivity (Wildman–Crippen MR) is 55.9 cm³/mol. The van der Waals surface area contributed by atoms with E-state index in [2.05, 4.69) is 20.8 Å². The van der Waals surface area contributed by atoms with E-state index in [1.165, 1.54) is 12.8 Å². The molecule has 0 amide bonds. The van der Waals surface area contributed by atoms with E-state index in [9.17, 15) is 4.79 Å². The van der Waals surface area contributed by atoms with Gasteiger partial charge in [0.25, 0.3) is 0 Å². The molecule has 0 bridgehead atoms. The molecule has 0 aromatic heterocycles. The lowest BCUT2D eigenvalue weighted by atomic mass is 10.2. The fourth-order valence-electron chi connectivity index (χ4n) is 1.50. The smallest absolute Gasteiger partial charge is 0.321 e. The van der Waals surface area contributed by atoms with Crippen LogP contribution in [0.3, 0.4) is 0 Å². The Morgan fingerprint density at radius 2 is 1.67 bits per heavy atom. The number of rotatable bonds is 7. The Labute approximate surface area is 80.9 Å². The third kappa shape index (κ3) is 4.96. The van der Waals surface area contributed by atoms with Crippen LogP contribution in [-0.4, -0.2) is 18.8 Å². The van der Waals surface area contributed by atoms with Crippen LogP contribution < -0.4 is 0 Å². The number of hydrogen-bond donors (Lipinski definition) is 0. The Bertz CT molecular complexity index is 119. The summed E-state index contributed by atoms with van der Waals surface area (Å²) >= 11 is -0.968. The summed E-state index contributed by atoms with van der Waals surface area (Å²) in [5.74, 6) is 0. The molecule has 0 aromatic rings. The fraction of sp³-hybridized carbons (Fsp3) is 0.900. The lowest BCUT2D eigenvalue weighted by Crippen LogP contribution is -2.23. The van der Waals surface area contributed by atoms with Crippen LogP contribution in [-0.2, 0) is 4.79 Å². The van der Waals surface area contributed by atoms with Crippen molar-refractivity contribution in [2.24, 2.45) is 0 Å². The molecule has 0 aliphatic rings. The van der Waals surface area contributed by atoms with E-state index in [1.807, 2.05) is 0 Å². The summed E-state index contributed by atoms with van der Waals surface area (Å²) in [5, 5.41) is 2.31. The van der Waals surface area contributed by atoms with Gasteiger partial charge < -0.3 is 4.79 Å². The highest BCUT2D eigenvalue weighted by Gasteiger charge is 2.20. The summed E-state index contributed by atoms with van der Waals surface area (Å²) < 4.78 is 0.619. The molecule has 0 heterocycles. The Morgan fingerprint density at radius 1 is 1.08 bits per heavy atom. The Kier molecular flexibility index (Phi) is 7.96. The summed E-state index contributed by atoms with van der Waals surface area (Å²) in [6.45, 7) is 6.51. The van der Waals surface area contributed by atoms with Crippen molar-refractivity contribution in [2.75, 3.05) is 0 Å². The predicted octanol–water partition coefficient (Wildman–Crippen LogP) is 3.21. The van der Waals surface area contributed by atoms with Crippen molar-refractivity contribution in [3.8, 4) is 0 Å². The third-order valence-corrected chi connectivity index (χ3v) is 5.64. The van der Waals surface area contributed by atoms with Crippen molar-refractivity contribution in [1.29, 1.82) is 0 Å². The van der Waals surface area contributed by atoms with Crippen LogP contribution in [0.15, 0.2) is 0 Å². The van der Waals surface area contributed by atoms with Crippen LogP contribution in [0.5, 0.6) is 0 Å². The number of unbranched alkanes of at least 4 members (excludes halogenated alkanes) is 2. The van der Waals surface area contributed by atoms with E-state index in [4.69, 9.17) is 0 Å². The Balaban J connectivity index is 3.54. The molecule has 0 aliphatic heterocycles. The average molecular weight is 184 g/mol. The molecule has 0 aliphatic carbocycles. The van der Waals surface area contributed by atoms with Crippen LogP contribution >= 0.6 is 0 Å². The molecule has 0 radical (unpaired) electrons. The minimum atomic E-state index is -0.968. The summed E-state index contributed by atoms with van der Waals surface area (Å²) in [6.07, 6.45) is 4.43. The maximum Gasteiger partial charge on any atom is 0.365 e. The average Bonchev–Trinajstić information content (AvgIpc) is 2.07. The molecule has 0 spiro atoms. The number of carbonyl (C=O) groups is 1. The second kappa shape index (κ2) is 7.83. The van der Waals surface area contributed by atoms with Gasteiger partial charge in [-0.25, -0.2) is 0 Å². The molecule has 0 unspecified atom stereocenters. The van der Waals surface area contributed by atoms with Crippen LogP contribution in [0.1, 0.15) is 46.5 Å². The summed E-state index contributed by atoms with van der Waals surface area (Å²) in [4.78, 5) is 11.5. The van der Waals surface area contributed by atoms with E-state index in [-0.39, 0.29) is 0 Å². The van der Waals surface area contributed by atoms with E-state index < -0.39 is 14.1 Å². The minimum Gasteiger partial charge on any atom is -0.321 e. The van der Waals surface area contributed by atoms with Gasteiger partial charge in [-0.1, -0.05) is 44.2 Å². The van der Waals surface area contributed by atoms with Gasteiger partial charge in [-0.2, -0.15) is 0 Å². The van der Waals surface area contributed by atoms with Crippen molar-refractivity contribution in [3.63, 3.8) is 0 Å². The highest BCUT2D eigenvalue weighted by atomic mass is 27.2. The van der Waals surface area contributed by atoms with Gasteiger partial charge in [0, 0.05) is 0 Å². The van der Waals surface area contributed by atoms with Gasteiger partial charge in [-0.05, 0) is 12.8 Å². The van der Waals surface area contributed by atoms with Gasteiger partial charge in [0.05, 0.1) is 4.65 Å². The standard InChI is InChI=1S/C6H11O.2C2H5.Al/c1-2-3-4-5-6-7;2*1-2;/h2-5H2,1H3;2*1H2,2H3;. The topological polar surface area (TPSA) is 17.1 Å². The maximum absolute atomic E-state index is 11.5. The molecule has 0 atom stereocenters. The summed E-state index contributed by atoms with van der Waals surface area (Å²) in [5.41, 5.74) is 0. The normalized spacial score (nSPS) is 9.92. The molecular weight excluding hydrogens is 163 g/mol. The summed E-state index contributed by atoms with van der Waals surface area (Å²) in [6, 6.07) is 0. The largest absolute Gasteiger partial charge is 0.365 e. The first kappa shape index (κ1) is 12.2. The molecular formula is C10H21AlO. The van der Waals surface area contributed by atoms with Gasteiger partial charge in [0.2, 0.25) is 0 Å². The van der Waals surface area contributed by atoms with E-state index >= 15 is 0 Å². The first-order valence-electron chi connectivity index (χ1n) is 5.28. The molecule has 2 heteroatoms. The minimum absolute atomic E-state index is 0.619. The molecule has 1 nitrogen and oxygen atoms in total. The van der Waals surface area contributed by atoms with Gasteiger partial charge in [0.1, 0.15) is 0 Å². The Morgan fingerprint density at radius 3 is 2.08 bits per heavy atom. The van der Waals surface area contributed by atoms with Crippen molar-refractivity contribution in [3.05, 3.63) is 0 Å². The summed E-state index contributed by atoms with van der Waals surface area (Å²) in [7, 11) is 0. The van der Waals surface area contributed by atoms with Crippen molar-refractivity contribution >= 4 is 18.8 Å². The molecule has 0 N–H and O–H groups in total. The molecule has 12 heavy (non-hydrogen) atoms. The zero-order chi connectivity index (χ0) is 9.40. The number of carbonyl (C=O) groups excluding carboxylic acids is 1. The lowest BCUT2D eigenvalue weighted by Gasteiger charge is -2.04. The van der Waals surface area contributed by atoms with Gasteiger partial charge in [-0.3, -0.25) is 0 Å². The van der Waals surface area contributed by atoms with Crippen molar-refractivity contribution in [2.45, 2.75) is 57.0 Å². The maximum atomic E-state index is 11.5. The van der Waals surface area contributed by atoms with Crippen LogP contribution in [0.25, 0.3) is 0 Å². The zero-order valence-corrected chi connectivity index (χ0v) is 9.88. The van der Waals surface area contributed by atoms with Gasteiger partial charge >= 0.3 is 14.1 Å². The zero-order valence-electron chi connectivity index (χ0n) is 8.73.